The molecule has 1 aliphatic rings. The molecule has 15 heavy (non-hydrogen) atoms. The highest BCUT2D eigenvalue weighted by atomic mass is 15.2. The molecule has 0 aromatic carbocycles. The van der Waals surface area contributed by atoms with Crippen molar-refractivity contribution >= 4 is 0 Å². The van der Waals surface area contributed by atoms with E-state index < -0.39 is 0 Å². The van der Waals surface area contributed by atoms with Crippen LogP contribution < -0.4 is 11.3 Å². The molecular formula is C13H28N2. The van der Waals surface area contributed by atoms with E-state index in [1.54, 1.807) is 0 Å². The Balaban J connectivity index is 2.14. The topological polar surface area (TPSA) is 38.0 Å². The number of hydrogen-bond donors (Lipinski definition) is 2. The molecule has 0 spiro atoms. The SMILES string of the molecule is CCC(C)CC(CCC1CCCC1)NN. The van der Waals surface area contributed by atoms with Crippen molar-refractivity contribution in [3.63, 3.8) is 0 Å². The molecule has 1 fully saturated rings. The van der Waals surface area contributed by atoms with Crippen molar-refractivity contribution in [3.05, 3.63) is 0 Å². The summed E-state index contributed by atoms with van der Waals surface area (Å²) in [6, 6.07) is 0.542. The number of rotatable bonds is 7. The van der Waals surface area contributed by atoms with Crippen LogP contribution in [0.4, 0.5) is 0 Å². The van der Waals surface area contributed by atoms with Crippen LogP contribution in [0.25, 0.3) is 0 Å². The molecule has 1 aliphatic carbocycles. The van der Waals surface area contributed by atoms with Crippen LogP contribution in [0.1, 0.15) is 65.2 Å². The van der Waals surface area contributed by atoms with Gasteiger partial charge in [-0.1, -0.05) is 46.0 Å². The number of hydrogen-bond acceptors (Lipinski definition) is 2. The highest BCUT2D eigenvalue weighted by Crippen LogP contribution is 2.29. The fourth-order valence-electron chi connectivity index (χ4n) is 2.66. The molecule has 0 aliphatic heterocycles. The molecule has 0 bridgehead atoms. The lowest BCUT2D eigenvalue weighted by molar-refractivity contribution is 0.348. The van der Waals surface area contributed by atoms with Crippen LogP contribution in [-0.4, -0.2) is 6.04 Å². The predicted molar refractivity (Wildman–Crippen MR) is 66.4 cm³/mol. The first kappa shape index (κ1) is 13.0. The number of hydrazine groups is 1. The molecule has 3 N–H and O–H groups in total. The second-order valence-electron chi connectivity index (χ2n) is 5.34. The highest BCUT2D eigenvalue weighted by molar-refractivity contribution is 4.72. The van der Waals surface area contributed by atoms with E-state index in [1.165, 1.54) is 51.4 Å². The van der Waals surface area contributed by atoms with E-state index in [1.807, 2.05) is 0 Å². The van der Waals surface area contributed by atoms with Crippen LogP contribution in [0.5, 0.6) is 0 Å². The summed E-state index contributed by atoms with van der Waals surface area (Å²) in [5.74, 6) is 7.41. The van der Waals surface area contributed by atoms with Crippen LogP contribution in [0.2, 0.25) is 0 Å². The maximum Gasteiger partial charge on any atom is 0.0213 e. The van der Waals surface area contributed by atoms with Gasteiger partial charge in [-0.05, 0) is 31.1 Å². The quantitative estimate of drug-likeness (QED) is 0.502. The normalized spacial score (nSPS) is 21.8. The van der Waals surface area contributed by atoms with E-state index in [9.17, 15) is 0 Å². The first-order valence-corrected chi connectivity index (χ1v) is 6.72. The van der Waals surface area contributed by atoms with Crippen LogP contribution in [0, 0.1) is 11.8 Å². The van der Waals surface area contributed by atoms with E-state index in [4.69, 9.17) is 5.84 Å². The lowest BCUT2D eigenvalue weighted by Gasteiger charge is -2.20. The minimum atomic E-state index is 0.542. The minimum Gasteiger partial charge on any atom is -0.271 e. The Hall–Kier alpha value is -0.0800. The summed E-state index contributed by atoms with van der Waals surface area (Å²) in [4.78, 5) is 0. The lowest BCUT2D eigenvalue weighted by atomic mass is 9.93. The Morgan fingerprint density at radius 3 is 2.53 bits per heavy atom. The van der Waals surface area contributed by atoms with Gasteiger partial charge in [0.05, 0.1) is 0 Å². The van der Waals surface area contributed by atoms with Crippen molar-refractivity contribution in [2.45, 2.75) is 71.3 Å². The Kier molecular flexibility index (Phi) is 6.26. The van der Waals surface area contributed by atoms with E-state index >= 15 is 0 Å². The predicted octanol–water partition coefficient (Wildman–Crippen LogP) is 3.22. The maximum absolute atomic E-state index is 5.61. The second kappa shape index (κ2) is 7.24. The van der Waals surface area contributed by atoms with E-state index in [0.717, 1.165) is 11.8 Å². The molecule has 0 heterocycles. The molecule has 2 nitrogen and oxygen atoms in total. The van der Waals surface area contributed by atoms with Crippen molar-refractivity contribution in [2.24, 2.45) is 17.7 Å². The first-order valence-electron chi connectivity index (χ1n) is 6.72. The Labute approximate surface area is 95.0 Å². The van der Waals surface area contributed by atoms with Crippen molar-refractivity contribution in [2.75, 3.05) is 0 Å². The third-order valence-electron chi connectivity index (χ3n) is 4.02. The van der Waals surface area contributed by atoms with Crippen molar-refractivity contribution in [1.82, 2.24) is 5.43 Å². The average molecular weight is 212 g/mol. The Morgan fingerprint density at radius 1 is 1.33 bits per heavy atom. The highest BCUT2D eigenvalue weighted by Gasteiger charge is 2.17. The summed E-state index contributed by atoms with van der Waals surface area (Å²) in [7, 11) is 0. The van der Waals surface area contributed by atoms with Crippen molar-refractivity contribution in [3.8, 4) is 0 Å². The lowest BCUT2D eigenvalue weighted by Crippen LogP contribution is -2.36. The van der Waals surface area contributed by atoms with Gasteiger partial charge in [0.2, 0.25) is 0 Å². The summed E-state index contributed by atoms with van der Waals surface area (Å²) in [5.41, 5.74) is 2.99. The molecule has 90 valence electrons. The number of nitrogens with two attached hydrogens (primary N) is 1. The van der Waals surface area contributed by atoms with Crippen molar-refractivity contribution in [1.29, 1.82) is 0 Å². The second-order valence-corrected chi connectivity index (χ2v) is 5.34. The van der Waals surface area contributed by atoms with E-state index in [-0.39, 0.29) is 0 Å². The van der Waals surface area contributed by atoms with Crippen LogP contribution in [0.15, 0.2) is 0 Å². The van der Waals surface area contributed by atoms with Gasteiger partial charge in [-0.2, -0.15) is 0 Å². The molecule has 2 atom stereocenters. The van der Waals surface area contributed by atoms with E-state index in [0.29, 0.717) is 6.04 Å². The minimum absolute atomic E-state index is 0.542. The molecule has 1 rings (SSSR count). The monoisotopic (exact) mass is 212 g/mol. The zero-order chi connectivity index (χ0) is 11.1. The van der Waals surface area contributed by atoms with Crippen LogP contribution in [0.3, 0.4) is 0 Å². The zero-order valence-corrected chi connectivity index (χ0v) is 10.5. The summed E-state index contributed by atoms with van der Waals surface area (Å²) >= 11 is 0. The van der Waals surface area contributed by atoms with Gasteiger partial charge in [-0.3, -0.25) is 11.3 Å². The molecule has 0 saturated heterocycles. The van der Waals surface area contributed by atoms with Crippen molar-refractivity contribution < 1.29 is 0 Å². The van der Waals surface area contributed by atoms with Gasteiger partial charge in [0.25, 0.3) is 0 Å². The molecule has 0 aromatic heterocycles. The summed E-state index contributed by atoms with van der Waals surface area (Å²) in [6.45, 7) is 4.58. The molecule has 1 saturated carbocycles. The molecule has 0 radical (unpaired) electrons. The molecule has 2 unspecified atom stereocenters. The van der Waals surface area contributed by atoms with Gasteiger partial charge < -0.3 is 0 Å². The standard InChI is InChI=1S/C13H28N2/c1-3-11(2)10-13(15-14)9-8-12-6-4-5-7-12/h11-13,15H,3-10,14H2,1-2H3. The van der Waals surface area contributed by atoms with Crippen LogP contribution >= 0.6 is 0 Å². The summed E-state index contributed by atoms with van der Waals surface area (Å²) in [5, 5.41) is 0. The molecule has 0 amide bonds. The third kappa shape index (κ3) is 4.98. The van der Waals surface area contributed by atoms with Gasteiger partial charge in [-0.15, -0.1) is 0 Å². The molecular weight excluding hydrogens is 184 g/mol. The number of nitrogens with one attached hydrogen (secondary N) is 1. The van der Waals surface area contributed by atoms with Gasteiger partial charge >= 0.3 is 0 Å². The van der Waals surface area contributed by atoms with Gasteiger partial charge in [0.15, 0.2) is 0 Å². The van der Waals surface area contributed by atoms with Gasteiger partial charge in [0, 0.05) is 6.04 Å². The maximum atomic E-state index is 5.61. The summed E-state index contributed by atoms with van der Waals surface area (Å²) < 4.78 is 0. The summed E-state index contributed by atoms with van der Waals surface area (Å²) in [6.07, 6.45) is 11.0. The van der Waals surface area contributed by atoms with Crippen LogP contribution in [-0.2, 0) is 0 Å². The fraction of sp³-hybridized carbons (Fsp3) is 1.00. The molecule has 2 heteroatoms. The third-order valence-corrected chi connectivity index (χ3v) is 4.02. The smallest absolute Gasteiger partial charge is 0.0213 e. The Morgan fingerprint density at radius 2 is 2.00 bits per heavy atom. The van der Waals surface area contributed by atoms with E-state index in [2.05, 4.69) is 19.3 Å². The largest absolute Gasteiger partial charge is 0.271 e. The van der Waals surface area contributed by atoms with Gasteiger partial charge in [0.1, 0.15) is 0 Å². The molecule has 0 aromatic rings. The first-order chi connectivity index (χ1) is 7.26. The Bertz CT molecular complexity index is 153. The zero-order valence-electron chi connectivity index (χ0n) is 10.5. The van der Waals surface area contributed by atoms with Gasteiger partial charge in [-0.25, -0.2) is 0 Å². The average Bonchev–Trinajstić information content (AvgIpc) is 2.76. The fourth-order valence-corrected chi connectivity index (χ4v) is 2.66.